The predicted molar refractivity (Wildman–Crippen MR) is 94.0 cm³/mol. The van der Waals surface area contributed by atoms with Crippen LogP contribution in [0.15, 0.2) is 53.3 Å². The molecule has 24 heavy (non-hydrogen) atoms. The van der Waals surface area contributed by atoms with Crippen molar-refractivity contribution in [2.45, 2.75) is 19.8 Å². The van der Waals surface area contributed by atoms with Crippen LogP contribution in [0.4, 0.5) is 0 Å². The van der Waals surface area contributed by atoms with Crippen molar-refractivity contribution in [1.82, 2.24) is 15.3 Å². The van der Waals surface area contributed by atoms with Gasteiger partial charge >= 0.3 is 0 Å². The maximum absolute atomic E-state index is 12.0. The molecule has 122 valence electrons. The number of para-hydroxylation sites is 1. The molecule has 1 heterocycles. The van der Waals surface area contributed by atoms with Gasteiger partial charge in [-0.2, -0.15) is 0 Å². The standard InChI is InChI=1S/C19H19N3O2/c1-13-5-4-6-14(11-13)12-18(23)20-10-9-17-21-16-8-3-2-7-15(16)19(24)22-17/h2-8,11H,9-10,12H2,1H3,(H,20,23)(H,21,22,24). The molecule has 1 amide bonds. The number of aromatic nitrogens is 2. The Labute approximate surface area is 139 Å². The number of H-pyrrole nitrogens is 1. The van der Waals surface area contributed by atoms with Crippen LogP contribution in [0.2, 0.25) is 0 Å². The van der Waals surface area contributed by atoms with Crippen LogP contribution in [0.5, 0.6) is 0 Å². The number of carbonyl (C=O) groups excluding carboxylic acids is 1. The summed E-state index contributed by atoms with van der Waals surface area (Å²) in [5, 5.41) is 3.44. The van der Waals surface area contributed by atoms with Gasteiger partial charge in [-0.3, -0.25) is 9.59 Å². The molecular formula is C19H19N3O2. The summed E-state index contributed by atoms with van der Waals surface area (Å²) in [4.78, 5) is 31.2. The lowest BCUT2D eigenvalue weighted by atomic mass is 10.1. The van der Waals surface area contributed by atoms with Crippen LogP contribution < -0.4 is 10.9 Å². The number of nitrogens with one attached hydrogen (secondary N) is 2. The number of amides is 1. The Morgan fingerprint density at radius 3 is 2.83 bits per heavy atom. The van der Waals surface area contributed by atoms with Gasteiger partial charge in [-0.25, -0.2) is 4.98 Å². The first kappa shape index (κ1) is 15.9. The maximum atomic E-state index is 12.0. The molecule has 0 aliphatic carbocycles. The zero-order chi connectivity index (χ0) is 16.9. The first-order valence-electron chi connectivity index (χ1n) is 7.92. The molecule has 0 saturated carbocycles. The number of benzene rings is 2. The first-order chi connectivity index (χ1) is 11.6. The fraction of sp³-hybridized carbons (Fsp3) is 0.211. The van der Waals surface area contributed by atoms with Gasteiger partial charge in [0, 0.05) is 13.0 Å². The number of hydrogen-bond donors (Lipinski definition) is 2. The molecule has 0 bridgehead atoms. The number of rotatable bonds is 5. The van der Waals surface area contributed by atoms with Gasteiger partial charge < -0.3 is 10.3 Å². The second kappa shape index (κ2) is 7.08. The Morgan fingerprint density at radius 2 is 2.00 bits per heavy atom. The van der Waals surface area contributed by atoms with Gasteiger partial charge in [-0.1, -0.05) is 42.0 Å². The summed E-state index contributed by atoms with van der Waals surface area (Å²) < 4.78 is 0. The van der Waals surface area contributed by atoms with Crippen molar-refractivity contribution in [2.75, 3.05) is 6.54 Å². The molecule has 0 fully saturated rings. The van der Waals surface area contributed by atoms with Crippen LogP contribution in [0.25, 0.3) is 10.9 Å². The molecule has 0 aliphatic rings. The minimum absolute atomic E-state index is 0.0382. The van der Waals surface area contributed by atoms with Gasteiger partial charge in [0.2, 0.25) is 5.91 Å². The average molecular weight is 321 g/mol. The van der Waals surface area contributed by atoms with Crippen LogP contribution in [0.1, 0.15) is 17.0 Å². The summed E-state index contributed by atoms with van der Waals surface area (Å²) in [6.45, 7) is 2.44. The third-order valence-electron chi connectivity index (χ3n) is 3.79. The molecular weight excluding hydrogens is 302 g/mol. The summed E-state index contributed by atoms with van der Waals surface area (Å²) in [6, 6.07) is 15.1. The normalized spacial score (nSPS) is 10.7. The highest BCUT2D eigenvalue weighted by Gasteiger charge is 2.06. The molecule has 5 heteroatoms. The molecule has 2 aromatic carbocycles. The van der Waals surface area contributed by atoms with Gasteiger partial charge in [-0.05, 0) is 24.6 Å². The van der Waals surface area contributed by atoms with Crippen LogP contribution in [0.3, 0.4) is 0 Å². The Kier molecular flexibility index (Phi) is 4.70. The zero-order valence-corrected chi connectivity index (χ0v) is 13.5. The quantitative estimate of drug-likeness (QED) is 0.756. The lowest BCUT2D eigenvalue weighted by Gasteiger charge is -2.06. The monoisotopic (exact) mass is 321 g/mol. The Bertz CT molecular complexity index is 931. The highest BCUT2D eigenvalue weighted by atomic mass is 16.1. The lowest BCUT2D eigenvalue weighted by molar-refractivity contribution is -0.120. The molecule has 3 rings (SSSR count). The summed E-state index contributed by atoms with van der Waals surface area (Å²) in [7, 11) is 0. The molecule has 3 aromatic rings. The highest BCUT2D eigenvalue weighted by molar-refractivity contribution is 5.78. The van der Waals surface area contributed by atoms with Gasteiger partial charge in [0.25, 0.3) is 5.56 Å². The van der Waals surface area contributed by atoms with Crippen molar-refractivity contribution >= 4 is 16.8 Å². The number of carbonyl (C=O) groups is 1. The number of aryl methyl sites for hydroxylation is 1. The number of nitrogens with zero attached hydrogens (tertiary/aromatic N) is 1. The maximum Gasteiger partial charge on any atom is 0.258 e. The molecule has 1 aromatic heterocycles. The molecule has 0 saturated heterocycles. The Hall–Kier alpha value is -2.95. The largest absolute Gasteiger partial charge is 0.355 e. The number of hydrogen-bond acceptors (Lipinski definition) is 3. The Balaban J connectivity index is 1.58. The molecule has 0 atom stereocenters. The lowest BCUT2D eigenvalue weighted by Crippen LogP contribution is -2.28. The van der Waals surface area contributed by atoms with E-state index in [0.29, 0.717) is 36.1 Å². The number of aromatic amines is 1. The third-order valence-corrected chi connectivity index (χ3v) is 3.79. The van der Waals surface area contributed by atoms with Crippen molar-refractivity contribution < 1.29 is 4.79 Å². The summed E-state index contributed by atoms with van der Waals surface area (Å²) in [5.41, 5.74) is 2.65. The fourth-order valence-corrected chi connectivity index (χ4v) is 2.64. The van der Waals surface area contributed by atoms with E-state index < -0.39 is 0 Å². The molecule has 0 aliphatic heterocycles. The SMILES string of the molecule is Cc1cccc(CC(=O)NCCc2nc3ccccc3c(=O)[nH]2)c1. The summed E-state index contributed by atoms with van der Waals surface area (Å²) >= 11 is 0. The fourth-order valence-electron chi connectivity index (χ4n) is 2.64. The molecule has 2 N–H and O–H groups in total. The molecule has 5 nitrogen and oxygen atoms in total. The Morgan fingerprint density at radius 1 is 1.17 bits per heavy atom. The summed E-state index contributed by atoms with van der Waals surface area (Å²) in [6.07, 6.45) is 0.836. The van der Waals surface area contributed by atoms with E-state index in [4.69, 9.17) is 0 Å². The van der Waals surface area contributed by atoms with Crippen LogP contribution in [0, 0.1) is 6.92 Å². The van der Waals surface area contributed by atoms with Gasteiger partial charge in [0.05, 0.1) is 17.3 Å². The van der Waals surface area contributed by atoms with Crippen LogP contribution >= 0.6 is 0 Å². The predicted octanol–water partition coefficient (Wildman–Crippen LogP) is 2.13. The highest BCUT2D eigenvalue weighted by Crippen LogP contribution is 2.06. The second-order valence-corrected chi connectivity index (χ2v) is 5.80. The van der Waals surface area contributed by atoms with Crippen molar-refractivity contribution in [3.8, 4) is 0 Å². The van der Waals surface area contributed by atoms with E-state index in [1.807, 2.05) is 49.4 Å². The molecule has 0 radical (unpaired) electrons. The number of fused-ring (bicyclic) bond motifs is 1. The van der Waals surface area contributed by atoms with E-state index in [2.05, 4.69) is 15.3 Å². The smallest absolute Gasteiger partial charge is 0.258 e. The van der Waals surface area contributed by atoms with E-state index in [0.717, 1.165) is 11.1 Å². The van der Waals surface area contributed by atoms with Crippen molar-refractivity contribution in [1.29, 1.82) is 0 Å². The van der Waals surface area contributed by atoms with E-state index in [9.17, 15) is 9.59 Å². The first-order valence-corrected chi connectivity index (χ1v) is 7.92. The minimum Gasteiger partial charge on any atom is -0.355 e. The van der Waals surface area contributed by atoms with Crippen LogP contribution in [-0.4, -0.2) is 22.4 Å². The third kappa shape index (κ3) is 3.87. The average Bonchev–Trinajstić information content (AvgIpc) is 2.55. The molecule has 0 unspecified atom stereocenters. The van der Waals surface area contributed by atoms with Gasteiger partial charge in [0.15, 0.2) is 0 Å². The van der Waals surface area contributed by atoms with Gasteiger partial charge in [0.1, 0.15) is 5.82 Å². The van der Waals surface area contributed by atoms with Crippen LogP contribution in [-0.2, 0) is 17.6 Å². The minimum atomic E-state index is -0.151. The van der Waals surface area contributed by atoms with Crippen molar-refractivity contribution in [2.24, 2.45) is 0 Å². The molecule has 0 spiro atoms. The van der Waals surface area contributed by atoms with Crippen molar-refractivity contribution in [3.05, 3.63) is 75.8 Å². The summed E-state index contributed by atoms with van der Waals surface area (Å²) in [5.74, 6) is 0.540. The topological polar surface area (TPSA) is 74.8 Å². The van der Waals surface area contributed by atoms with E-state index in [1.54, 1.807) is 6.07 Å². The van der Waals surface area contributed by atoms with E-state index in [1.165, 1.54) is 0 Å². The zero-order valence-electron chi connectivity index (χ0n) is 13.5. The second-order valence-electron chi connectivity index (χ2n) is 5.80. The van der Waals surface area contributed by atoms with Crippen molar-refractivity contribution in [3.63, 3.8) is 0 Å². The van der Waals surface area contributed by atoms with Gasteiger partial charge in [-0.15, -0.1) is 0 Å². The van der Waals surface area contributed by atoms with E-state index in [-0.39, 0.29) is 11.5 Å². The van der Waals surface area contributed by atoms with E-state index >= 15 is 0 Å².